The molecule has 0 fully saturated rings. The molecule has 0 bridgehead atoms. The van der Waals surface area contributed by atoms with Crippen LogP contribution in [-0.4, -0.2) is 0 Å². The normalized spacial score (nSPS) is 11.8. The third kappa shape index (κ3) is 25.1. The van der Waals surface area contributed by atoms with Gasteiger partial charge in [-0.3, -0.25) is 0 Å². The van der Waals surface area contributed by atoms with Crippen LogP contribution in [0.1, 0.15) is 307 Å². The maximum absolute atomic E-state index is 2.64. The van der Waals surface area contributed by atoms with Crippen LogP contribution < -0.4 is 0 Å². The first-order valence-electron chi connectivity index (χ1n) is 40.5. The molecular formula is C92H122S8. The maximum atomic E-state index is 2.64. The predicted octanol–water partition coefficient (Wildman–Crippen LogP) is 35.0. The fraction of sp³-hybridized carbons (Fsp3) is 0.522. The Morgan fingerprint density at radius 1 is 0.170 bits per heavy atom. The number of thiophene rings is 8. The van der Waals surface area contributed by atoms with E-state index in [0.717, 1.165) is 6.42 Å². The van der Waals surface area contributed by atoms with E-state index < -0.39 is 0 Å². The van der Waals surface area contributed by atoms with Crippen LogP contribution in [0.15, 0.2) is 133 Å². The van der Waals surface area contributed by atoms with Gasteiger partial charge in [-0.1, -0.05) is 320 Å². The molecule has 0 amide bonds. The van der Waals surface area contributed by atoms with Gasteiger partial charge in [0.05, 0.1) is 0 Å². The molecule has 100 heavy (non-hydrogen) atoms. The zero-order valence-electron chi connectivity index (χ0n) is 62.1. The number of rotatable bonds is 53. The number of unbranched alkanes of at least 4 members (excludes halogenated alkanes) is 36. The van der Waals surface area contributed by atoms with E-state index in [1.54, 1.807) is 22.3 Å². The van der Waals surface area contributed by atoms with Gasteiger partial charge >= 0.3 is 0 Å². The molecule has 0 saturated heterocycles. The van der Waals surface area contributed by atoms with E-state index in [1.807, 2.05) is 56.7 Å². The van der Waals surface area contributed by atoms with Gasteiger partial charge in [0.1, 0.15) is 0 Å². The van der Waals surface area contributed by atoms with Crippen molar-refractivity contribution < 1.29 is 0 Å². The highest BCUT2D eigenvalue weighted by atomic mass is 32.1. The first-order chi connectivity index (χ1) is 49.5. The van der Waals surface area contributed by atoms with Crippen LogP contribution in [0.5, 0.6) is 0 Å². The van der Waals surface area contributed by atoms with E-state index in [9.17, 15) is 0 Å². The second-order valence-electron chi connectivity index (χ2n) is 29.0. The molecular weight excluding hydrogens is 1360 g/mol. The Morgan fingerprint density at radius 2 is 0.390 bits per heavy atom. The molecule has 0 aliphatic rings. The molecule has 0 N–H and O–H groups in total. The first-order valence-corrected chi connectivity index (χ1v) is 47.1. The highest BCUT2D eigenvalue weighted by Gasteiger charge is 2.23. The van der Waals surface area contributed by atoms with Gasteiger partial charge in [0.25, 0.3) is 0 Å². The van der Waals surface area contributed by atoms with Crippen molar-refractivity contribution in [1.29, 1.82) is 0 Å². The van der Waals surface area contributed by atoms with Gasteiger partial charge in [-0.2, -0.15) is 0 Å². The fourth-order valence-electron chi connectivity index (χ4n) is 14.6. The van der Waals surface area contributed by atoms with Crippen LogP contribution in [0.2, 0.25) is 0 Å². The summed E-state index contributed by atoms with van der Waals surface area (Å²) in [5, 5.41) is 0. The zero-order valence-corrected chi connectivity index (χ0v) is 68.6. The van der Waals surface area contributed by atoms with Crippen LogP contribution in [0.3, 0.4) is 0 Å². The van der Waals surface area contributed by atoms with Crippen molar-refractivity contribution in [2.24, 2.45) is 0 Å². The molecule has 0 saturated carbocycles. The lowest BCUT2D eigenvalue weighted by atomic mass is 10.0. The van der Waals surface area contributed by atoms with Gasteiger partial charge in [0.15, 0.2) is 0 Å². The average Bonchev–Trinajstić information content (AvgIpc) is 1.64. The van der Waals surface area contributed by atoms with Crippen molar-refractivity contribution in [1.82, 2.24) is 0 Å². The number of benzene rings is 2. The van der Waals surface area contributed by atoms with Crippen molar-refractivity contribution in [2.45, 2.75) is 310 Å². The zero-order chi connectivity index (χ0) is 69.0. The Balaban J connectivity index is 0.836. The number of hydrogen-bond acceptors (Lipinski definition) is 8. The SMILES string of the molecule is CCCCCCCCCCCCc1cc(-c2sc(-c3ccc(-c4ccc(-c5ccc(-c6ccc(-c7sc(-c8sc(-c9ccccc9)cc8CCCCCCCCCCCC)cc7CCCCCCCCCCCC)s6)s5)s4)s3)cc2CCCCCCCCCCCC)sc1-c1ccccc1. The molecule has 8 heterocycles. The van der Waals surface area contributed by atoms with E-state index in [2.05, 4.69) is 195 Å². The monoisotopic (exact) mass is 1480 g/mol. The molecule has 538 valence electrons. The second-order valence-corrected chi connectivity index (χ2v) is 37.5. The summed E-state index contributed by atoms with van der Waals surface area (Å²) < 4.78 is 0. The molecule has 0 radical (unpaired) electrons. The summed E-state index contributed by atoms with van der Waals surface area (Å²) >= 11 is 16.2. The van der Waals surface area contributed by atoms with Crippen molar-refractivity contribution >= 4 is 90.7 Å². The molecule has 0 atom stereocenters. The number of aryl methyl sites for hydroxylation is 4. The van der Waals surface area contributed by atoms with Gasteiger partial charge < -0.3 is 0 Å². The minimum absolute atomic E-state index is 1.16. The third-order valence-electron chi connectivity index (χ3n) is 20.6. The molecule has 0 aliphatic heterocycles. The highest BCUT2D eigenvalue weighted by Crippen LogP contribution is 2.52. The van der Waals surface area contributed by atoms with Crippen LogP contribution >= 0.6 is 90.7 Å². The lowest BCUT2D eigenvalue weighted by Gasteiger charge is -2.05. The second kappa shape index (κ2) is 45.4. The van der Waals surface area contributed by atoms with E-state index in [4.69, 9.17) is 0 Å². The van der Waals surface area contributed by atoms with E-state index in [0.29, 0.717) is 0 Å². The summed E-state index contributed by atoms with van der Waals surface area (Å²) in [6.07, 6.45) is 59.6. The van der Waals surface area contributed by atoms with Crippen LogP contribution in [0, 0.1) is 0 Å². The van der Waals surface area contributed by atoms with Gasteiger partial charge in [-0.25, -0.2) is 0 Å². The van der Waals surface area contributed by atoms with Crippen molar-refractivity contribution in [2.75, 3.05) is 0 Å². The van der Waals surface area contributed by atoms with Crippen LogP contribution in [0.25, 0.3) is 89.2 Å². The molecule has 0 unspecified atom stereocenters. The van der Waals surface area contributed by atoms with Crippen molar-refractivity contribution in [3.63, 3.8) is 0 Å². The van der Waals surface area contributed by atoms with Crippen molar-refractivity contribution in [3.05, 3.63) is 156 Å². The summed E-state index contributed by atoms with van der Waals surface area (Å²) in [6.45, 7) is 9.29. The third-order valence-corrected chi connectivity index (χ3v) is 31.1. The van der Waals surface area contributed by atoms with E-state index in [-0.39, 0.29) is 0 Å². The van der Waals surface area contributed by atoms with Crippen LogP contribution in [0.4, 0.5) is 0 Å². The highest BCUT2D eigenvalue weighted by molar-refractivity contribution is 7.32. The fourth-order valence-corrected chi connectivity index (χ4v) is 24.3. The lowest BCUT2D eigenvalue weighted by molar-refractivity contribution is 0.556. The topological polar surface area (TPSA) is 0 Å². The summed E-state index contributed by atoms with van der Waals surface area (Å²) in [6, 6.07) is 52.3. The summed E-state index contributed by atoms with van der Waals surface area (Å²) in [5.41, 5.74) is 8.98. The molecule has 8 heteroatoms. The molecule has 10 rings (SSSR count). The Morgan fingerprint density at radius 3 is 0.730 bits per heavy atom. The molecule has 2 aromatic carbocycles. The Labute approximate surface area is 640 Å². The Kier molecular flexibility index (Phi) is 35.7. The molecule has 8 aromatic heterocycles. The minimum atomic E-state index is 1.16. The van der Waals surface area contributed by atoms with Gasteiger partial charge in [0.2, 0.25) is 0 Å². The van der Waals surface area contributed by atoms with E-state index in [1.165, 1.54) is 365 Å². The number of hydrogen-bond donors (Lipinski definition) is 0. The maximum Gasteiger partial charge on any atom is 0.0481 e. The Bertz CT molecular complexity index is 3780. The Hall–Kier alpha value is -3.96. The van der Waals surface area contributed by atoms with E-state index >= 15 is 0 Å². The van der Waals surface area contributed by atoms with Crippen LogP contribution in [-0.2, 0) is 25.7 Å². The van der Waals surface area contributed by atoms with Gasteiger partial charge in [-0.05, 0) is 158 Å². The lowest BCUT2D eigenvalue weighted by Crippen LogP contribution is -1.88. The standard InChI is InChI=1S/C92H122S8/c1-5-9-13-17-21-25-29-33-37-43-55-73-69-87(99-89(73)72-53-49-42-50-54-72)92-75(57-45-39-35-31-27-23-19-15-11-7-3)68-86(98-92)83-64-63-80(95-83)79-60-59-77(93-79)78-61-62-81(94-78)82-65-66-84(96-82)90-76(58-46-40-36-32-28-24-20-16-12-8-4)70-88(100-90)91-74(67-85(97-91)71-51-47-41-48-52-71)56-44-38-34-30-26-22-18-14-10-6-2/h41-42,47-54,59-70H,5-40,43-46,55-58H2,1-4H3. The average molecular weight is 1480 g/mol. The molecule has 0 spiro atoms. The summed E-state index contributed by atoms with van der Waals surface area (Å²) in [7, 11) is 0. The smallest absolute Gasteiger partial charge is 0.0481 e. The largest absolute Gasteiger partial charge is 0.134 e. The van der Waals surface area contributed by atoms with Gasteiger partial charge in [0, 0.05) is 78.0 Å². The minimum Gasteiger partial charge on any atom is -0.134 e. The predicted molar refractivity (Wildman–Crippen MR) is 461 cm³/mol. The molecule has 0 nitrogen and oxygen atoms in total. The summed E-state index contributed by atoms with van der Waals surface area (Å²) in [4.78, 5) is 23.0. The molecule has 0 aliphatic carbocycles. The van der Waals surface area contributed by atoms with Crippen molar-refractivity contribution in [3.8, 4) is 89.2 Å². The van der Waals surface area contributed by atoms with Gasteiger partial charge in [-0.15, -0.1) is 90.7 Å². The first kappa shape index (κ1) is 78.6. The molecule has 10 aromatic rings. The quantitative estimate of drug-likeness (QED) is 0.0333. The summed E-state index contributed by atoms with van der Waals surface area (Å²) in [5.74, 6) is 0.